The van der Waals surface area contributed by atoms with Crippen molar-refractivity contribution in [2.45, 2.75) is 20.4 Å². The van der Waals surface area contributed by atoms with E-state index in [-0.39, 0.29) is 0 Å². The number of ether oxygens (including phenoxy) is 1. The molecule has 1 aliphatic rings. The van der Waals surface area contributed by atoms with Crippen LogP contribution < -0.4 is 10.2 Å². The maximum Gasteiger partial charge on any atom is 0.185 e. The molecule has 7 heteroatoms. The molecule has 0 radical (unpaired) electrons. The summed E-state index contributed by atoms with van der Waals surface area (Å²) in [6.45, 7) is 8.10. The Morgan fingerprint density at radius 2 is 2.10 bits per heavy atom. The summed E-state index contributed by atoms with van der Waals surface area (Å²) < 4.78 is 5.37. The first-order chi connectivity index (χ1) is 10.2. The topological polar surface area (TPSA) is 63.2 Å². The maximum absolute atomic E-state index is 5.37. The van der Waals surface area contributed by atoms with E-state index in [2.05, 4.69) is 30.5 Å². The van der Waals surface area contributed by atoms with E-state index in [1.54, 1.807) is 17.7 Å². The highest BCUT2D eigenvalue weighted by molar-refractivity contribution is 7.13. The van der Waals surface area contributed by atoms with E-state index in [9.17, 15) is 0 Å². The third-order valence-electron chi connectivity index (χ3n) is 3.59. The summed E-state index contributed by atoms with van der Waals surface area (Å²) in [5.41, 5.74) is 3.12. The minimum absolute atomic E-state index is 0.679. The van der Waals surface area contributed by atoms with Crippen molar-refractivity contribution in [3.05, 3.63) is 28.7 Å². The van der Waals surface area contributed by atoms with Crippen LogP contribution in [0.3, 0.4) is 0 Å². The molecule has 0 bridgehead atoms. The number of aryl methyl sites for hydroxylation is 1. The predicted octanol–water partition coefficient (Wildman–Crippen LogP) is 2.00. The average Bonchev–Trinajstić information content (AvgIpc) is 2.99. The van der Waals surface area contributed by atoms with Crippen molar-refractivity contribution >= 4 is 22.3 Å². The number of aromatic nitrogens is 3. The van der Waals surface area contributed by atoms with Gasteiger partial charge in [0.2, 0.25) is 0 Å². The van der Waals surface area contributed by atoms with Crippen LogP contribution in [0.15, 0.2) is 11.7 Å². The van der Waals surface area contributed by atoms with Crippen LogP contribution in [0.2, 0.25) is 0 Å². The third-order valence-corrected chi connectivity index (χ3v) is 4.54. The minimum Gasteiger partial charge on any atom is -0.378 e. The van der Waals surface area contributed by atoms with Gasteiger partial charge < -0.3 is 15.0 Å². The standard InChI is InChI=1S/C14H19N5OS/c1-10-11(2)16-9-17-13(10)15-7-12-8-21-14(18-12)19-3-5-20-6-4-19/h8-9H,3-7H2,1-2H3,(H,15,16,17). The van der Waals surface area contributed by atoms with Gasteiger partial charge in [-0.2, -0.15) is 0 Å². The molecule has 0 amide bonds. The summed E-state index contributed by atoms with van der Waals surface area (Å²) in [7, 11) is 0. The number of rotatable bonds is 4. The molecule has 6 nitrogen and oxygen atoms in total. The van der Waals surface area contributed by atoms with E-state index in [0.717, 1.165) is 54.2 Å². The van der Waals surface area contributed by atoms with Crippen molar-refractivity contribution in [2.24, 2.45) is 0 Å². The highest BCUT2D eigenvalue weighted by Crippen LogP contribution is 2.22. The zero-order valence-electron chi connectivity index (χ0n) is 12.3. The van der Waals surface area contributed by atoms with Gasteiger partial charge >= 0.3 is 0 Å². The number of morpholine rings is 1. The fourth-order valence-electron chi connectivity index (χ4n) is 2.17. The Labute approximate surface area is 128 Å². The number of hydrogen-bond acceptors (Lipinski definition) is 7. The molecule has 3 heterocycles. The molecule has 0 aliphatic carbocycles. The molecule has 0 saturated carbocycles. The summed E-state index contributed by atoms with van der Waals surface area (Å²) in [5, 5.41) is 6.51. The quantitative estimate of drug-likeness (QED) is 0.932. The van der Waals surface area contributed by atoms with Crippen molar-refractivity contribution < 1.29 is 4.74 Å². The Morgan fingerprint density at radius 3 is 2.90 bits per heavy atom. The Morgan fingerprint density at radius 1 is 1.29 bits per heavy atom. The van der Waals surface area contributed by atoms with E-state index >= 15 is 0 Å². The summed E-state index contributed by atoms with van der Waals surface area (Å²) >= 11 is 1.69. The Kier molecular flexibility index (Phi) is 4.31. The van der Waals surface area contributed by atoms with E-state index in [1.165, 1.54) is 0 Å². The second kappa shape index (κ2) is 6.36. The van der Waals surface area contributed by atoms with Crippen LogP contribution in [-0.4, -0.2) is 41.3 Å². The lowest BCUT2D eigenvalue weighted by molar-refractivity contribution is 0.122. The third kappa shape index (κ3) is 3.30. The van der Waals surface area contributed by atoms with Crippen molar-refractivity contribution in [3.63, 3.8) is 0 Å². The SMILES string of the molecule is Cc1ncnc(NCc2csc(N3CCOCC3)n2)c1C. The first-order valence-electron chi connectivity index (χ1n) is 7.03. The molecule has 112 valence electrons. The number of hydrogen-bond donors (Lipinski definition) is 1. The van der Waals surface area contributed by atoms with Gasteiger partial charge in [0, 0.05) is 29.7 Å². The van der Waals surface area contributed by atoms with Crippen LogP contribution in [0.25, 0.3) is 0 Å². The largest absolute Gasteiger partial charge is 0.378 e. The number of anilines is 2. The molecule has 1 saturated heterocycles. The van der Waals surface area contributed by atoms with Gasteiger partial charge in [-0.15, -0.1) is 11.3 Å². The fourth-order valence-corrected chi connectivity index (χ4v) is 3.05. The summed E-state index contributed by atoms with van der Waals surface area (Å²) in [6, 6.07) is 0. The molecule has 0 spiro atoms. The zero-order valence-corrected chi connectivity index (χ0v) is 13.1. The van der Waals surface area contributed by atoms with Gasteiger partial charge in [0.1, 0.15) is 12.1 Å². The van der Waals surface area contributed by atoms with Crippen molar-refractivity contribution in [3.8, 4) is 0 Å². The number of nitrogens with zero attached hydrogens (tertiary/aromatic N) is 4. The van der Waals surface area contributed by atoms with Crippen molar-refractivity contribution in [2.75, 3.05) is 36.5 Å². The van der Waals surface area contributed by atoms with E-state index in [4.69, 9.17) is 4.74 Å². The molecular formula is C14H19N5OS. The van der Waals surface area contributed by atoms with Gasteiger partial charge in [-0.05, 0) is 13.8 Å². The second-order valence-corrected chi connectivity index (χ2v) is 5.84. The van der Waals surface area contributed by atoms with Gasteiger partial charge in [-0.1, -0.05) is 0 Å². The Hall–Kier alpha value is -1.73. The highest BCUT2D eigenvalue weighted by Gasteiger charge is 2.14. The summed E-state index contributed by atoms with van der Waals surface area (Å²) in [5.74, 6) is 0.878. The van der Waals surface area contributed by atoms with Gasteiger partial charge in [0.25, 0.3) is 0 Å². The predicted molar refractivity (Wildman–Crippen MR) is 84.0 cm³/mol. The first-order valence-corrected chi connectivity index (χ1v) is 7.91. The lowest BCUT2D eigenvalue weighted by Gasteiger charge is -2.26. The molecule has 0 unspecified atom stereocenters. The van der Waals surface area contributed by atoms with Crippen molar-refractivity contribution in [1.29, 1.82) is 0 Å². The van der Waals surface area contributed by atoms with Crippen LogP contribution in [0.1, 0.15) is 17.0 Å². The second-order valence-electron chi connectivity index (χ2n) is 5.01. The van der Waals surface area contributed by atoms with Crippen LogP contribution in [0, 0.1) is 13.8 Å². The summed E-state index contributed by atoms with van der Waals surface area (Å²) in [6.07, 6.45) is 1.59. The molecule has 2 aromatic rings. The molecule has 0 atom stereocenters. The van der Waals surface area contributed by atoms with Crippen LogP contribution in [0.4, 0.5) is 10.9 Å². The lowest BCUT2D eigenvalue weighted by Crippen LogP contribution is -2.36. The van der Waals surface area contributed by atoms with E-state index in [0.29, 0.717) is 6.54 Å². The lowest BCUT2D eigenvalue weighted by atomic mass is 10.2. The molecule has 0 aromatic carbocycles. The monoisotopic (exact) mass is 305 g/mol. The van der Waals surface area contributed by atoms with Crippen LogP contribution >= 0.6 is 11.3 Å². The maximum atomic E-state index is 5.37. The van der Waals surface area contributed by atoms with Gasteiger partial charge in [0.15, 0.2) is 5.13 Å². The molecule has 3 rings (SSSR count). The van der Waals surface area contributed by atoms with Crippen molar-refractivity contribution in [1.82, 2.24) is 15.0 Å². The van der Waals surface area contributed by atoms with Gasteiger partial charge in [-0.25, -0.2) is 15.0 Å². The minimum atomic E-state index is 0.679. The zero-order chi connectivity index (χ0) is 14.7. The van der Waals surface area contributed by atoms with E-state index in [1.807, 2.05) is 13.8 Å². The van der Waals surface area contributed by atoms with Gasteiger partial charge in [0.05, 0.1) is 25.5 Å². The molecule has 1 fully saturated rings. The van der Waals surface area contributed by atoms with Crippen LogP contribution in [-0.2, 0) is 11.3 Å². The molecule has 21 heavy (non-hydrogen) atoms. The van der Waals surface area contributed by atoms with Crippen LogP contribution in [0.5, 0.6) is 0 Å². The number of thiazole rings is 1. The molecule has 1 N–H and O–H groups in total. The molecule has 2 aromatic heterocycles. The highest BCUT2D eigenvalue weighted by atomic mass is 32.1. The normalized spacial score (nSPS) is 15.2. The fraction of sp³-hybridized carbons (Fsp3) is 0.500. The molecular weight excluding hydrogens is 286 g/mol. The Bertz CT molecular complexity index is 609. The first kappa shape index (κ1) is 14.2. The average molecular weight is 305 g/mol. The molecule has 1 aliphatic heterocycles. The summed E-state index contributed by atoms with van der Waals surface area (Å²) in [4.78, 5) is 15.4. The smallest absolute Gasteiger partial charge is 0.185 e. The van der Waals surface area contributed by atoms with Gasteiger partial charge in [-0.3, -0.25) is 0 Å². The van der Waals surface area contributed by atoms with E-state index < -0.39 is 0 Å². The number of nitrogens with one attached hydrogen (secondary N) is 1. The Balaban J connectivity index is 1.63.